The summed E-state index contributed by atoms with van der Waals surface area (Å²) in [5, 5.41) is 0. The van der Waals surface area contributed by atoms with Crippen molar-refractivity contribution in [2.75, 3.05) is 46.8 Å². The average molecular weight is 448 g/mol. The van der Waals surface area contributed by atoms with Gasteiger partial charge in [0.05, 0.1) is 6.42 Å². The van der Waals surface area contributed by atoms with E-state index in [4.69, 9.17) is 0 Å². The van der Waals surface area contributed by atoms with Gasteiger partial charge in [-0.25, -0.2) is 13.2 Å². The van der Waals surface area contributed by atoms with Gasteiger partial charge in [0.25, 0.3) is 0 Å². The number of benzene rings is 2. The van der Waals surface area contributed by atoms with Gasteiger partial charge in [0.2, 0.25) is 5.91 Å². The van der Waals surface area contributed by atoms with Gasteiger partial charge >= 0.3 is 0 Å². The van der Waals surface area contributed by atoms with Crippen molar-refractivity contribution in [1.82, 2.24) is 14.7 Å². The molecule has 0 N–H and O–H groups in total. The third-order valence-electron chi connectivity index (χ3n) is 5.94. The molecule has 2 aromatic rings. The second-order valence-corrected chi connectivity index (χ2v) is 8.90. The number of hydrogen-bond acceptors (Lipinski definition) is 3. The maximum Gasteiger partial charge on any atom is 0.227 e. The van der Waals surface area contributed by atoms with Crippen molar-refractivity contribution in [2.24, 2.45) is 5.92 Å². The van der Waals surface area contributed by atoms with Crippen molar-refractivity contribution in [2.45, 2.75) is 25.8 Å². The molecule has 0 spiro atoms. The lowest BCUT2D eigenvalue weighted by Gasteiger charge is -2.36. The highest BCUT2D eigenvalue weighted by atomic mass is 19.2. The van der Waals surface area contributed by atoms with Crippen molar-refractivity contribution < 1.29 is 18.0 Å². The second kappa shape index (κ2) is 11.5. The molecule has 1 atom stereocenters. The minimum Gasteiger partial charge on any atom is -0.341 e. The van der Waals surface area contributed by atoms with Gasteiger partial charge in [0.1, 0.15) is 5.82 Å². The summed E-state index contributed by atoms with van der Waals surface area (Å²) in [5.74, 6) is -1.85. The molecule has 3 rings (SSSR count). The highest BCUT2D eigenvalue weighted by Gasteiger charge is 2.25. The first-order chi connectivity index (χ1) is 15.3. The van der Waals surface area contributed by atoms with Gasteiger partial charge in [0, 0.05) is 38.3 Å². The maximum atomic E-state index is 14.1. The predicted octanol–water partition coefficient (Wildman–Crippen LogP) is 3.95. The Morgan fingerprint density at radius 1 is 1.03 bits per heavy atom. The molecule has 1 aliphatic heterocycles. The molecule has 7 heteroatoms. The van der Waals surface area contributed by atoms with E-state index in [1.54, 1.807) is 6.07 Å². The third-order valence-corrected chi connectivity index (χ3v) is 5.94. The number of likely N-dealkylation sites (tertiary alicyclic amines) is 1. The van der Waals surface area contributed by atoms with Crippen molar-refractivity contribution in [3.05, 3.63) is 71.0 Å². The standard InChI is InChI=1S/C25H32F3N3O/c1-29(2)12-13-31(25(32)15-19-9-10-23(27)24(28)14-19)17-20-6-5-11-30(16-20)18-21-7-3-4-8-22(21)26/h3-4,7-10,14,20H,5-6,11-13,15-18H2,1-2H3/t20-/m0/s1. The largest absolute Gasteiger partial charge is 0.341 e. The van der Waals surface area contributed by atoms with Crippen LogP contribution >= 0.6 is 0 Å². The Hall–Kier alpha value is -2.38. The Bertz CT molecular complexity index is 906. The second-order valence-electron chi connectivity index (χ2n) is 8.90. The van der Waals surface area contributed by atoms with Crippen LogP contribution in [0.2, 0.25) is 0 Å². The first kappa shape index (κ1) is 24.3. The molecule has 1 aliphatic rings. The molecule has 1 amide bonds. The van der Waals surface area contributed by atoms with E-state index in [2.05, 4.69) is 4.90 Å². The fraction of sp³-hybridized carbons (Fsp3) is 0.480. The number of nitrogens with zero attached hydrogens (tertiary/aromatic N) is 3. The molecule has 32 heavy (non-hydrogen) atoms. The zero-order valence-corrected chi connectivity index (χ0v) is 18.9. The van der Waals surface area contributed by atoms with E-state index in [0.29, 0.717) is 30.8 Å². The van der Waals surface area contributed by atoms with Crippen LogP contribution in [0.25, 0.3) is 0 Å². The van der Waals surface area contributed by atoms with E-state index < -0.39 is 11.6 Å². The number of carbonyl (C=O) groups excluding carboxylic acids is 1. The number of likely N-dealkylation sites (N-methyl/N-ethyl adjacent to an activating group) is 1. The first-order valence-electron chi connectivity index (χ1n) is 11.1. The minimum absolute atomic E-state index is 0.0380. The van der Waals surface area contributed by atoms with Crippen molar-refractivity contribution >= 4 is 5.91 Å². The highest BCUT2D eigenvalue weighted by Crippen LogP contribution is 2.21. The van der Waals surface area contributed by atoms with Gasteiger partial charge in [-0.3, -0.25) is 9.69 Å². The summed E-state index contributed by atoms with van der Waals surface area (Å²) in [4.78, 5) is 19.1. The Kier molecular flexibility index (Phi) is 8.70. The molecule has 0 radical (unpaired) electrons. The van der Waals surface area contributed by atoms with Gasteiger partial charge in [-0.2, -0.15) is 0 Å². The molecule has 0 saturated carbocycles. The van der Waals surface area contributed by atoms with Gasteiger partial charge in [-0.05, 0) is 63.2 Å². The quantitative estimate of drug-likeness (QED) is 0.583. The van der Waals surface area contributed by atoms with Crippen LogP contribution in [0.1, 0.15) is 24.0 Å². The summed E-state index contributed by atoms with van der Waals surface area (Å²) in [5.41, 5.74) is 1.15. The summed E-state index contributed by atoms with van der Waals surface area (Å²) in [7, 11) is 3.91. The predicted molar refractivity (Wildman–Crippen MR) is 120 cm³/mol. The number of amides is 1. The molecule has 174 valence electrons. The van der Waals surface area contributed by atoms with Gasteiger partial charge in [-0.1, -0.05) is 24.3 Å². The van der Waals surface area contributed by atoms with Crippen LogP contribution in [0, 0.1) is 23.4 Å². The number of rotatable bonds is 9. The lowest BCUT2D eigenvalue weighted by atomic mass is 9.96. The molecule has 4 nitrogen and oxygen atoms in total. The van der Waals surface area contributed by atoms with Crippen LogP contribution in [0.3, 0.4) is 0 Å². The van der Waals surface area contributed by atoms with Crippen molar-refractivity contribution in [3.8, 4) is 0 Å². The van der Waals surface area contributed by atoms with E-state index >= 15 is 0 Å². The molecular formula is C25H32F3N3O. The van der Waals surface area contributed by atoms with Crippen LogP contribution in [0.4, 0.5) is 13.2 Å². The summed E-state index contributed by atoms with van der Waals surface area (Å²) in [6.07, 6.45) is 2.04. The minimum atomic E-state index is -0.939. The summed E-state index contributed by atoms with van der Waals surface area (Å²) in [6, 6.07) is 10.4. The number of carbonyl (C=O) groups is 1. The SMILES string of the molecule is CN(C)CCN(C[C@H]1CCCN(Cc2ccccc2F)C1)C(=O)Cc1ccc(F)c(F)c1. The summed E-state index contributed by atoms with van der Waals surface area (Å²) >= 11 is 0. The molecule has 0 bridgehead atoms. The Morgan fingerprint density at radius 2 is 1.81 bits per heavy atom. The Balaban J connectivity index is 1.63. The number of piperidine rings is 1. The van der Waals surface area contributed by atoms with Crippen LogP contribution in [0.15, 0.2) is 42.5 Å². The molecule has 0 aromatic heterocycles. The van der Waals surface area contributed by atoms with Crippen LogP contribution < -0.4 is 0 Å². The number of halogens is 3. The average Bonchev–Trinajstić information content (AvgIpc) is 2.75. The van der Waals surface area contributed by atoms with Crippen LogP contribution in [0.5, 0.6) is 0 Å². The normalized spacial score (nSPS) is 17.0. The molecule has 0 unspecified atom stereocenters. The third kappa shape index (κ3) is 7.07. The summed E-state index contributed by atoms with van der Waals surface area (Å²) < 4.78 is 40.9. The van der Waals surface area contributed by atoms with Crippen LogP contribution in [-0.2, 0) is 17.8 Å². The zero-order chi connectivity index (χ0) is 23.1. The molecular weight excluding hydrogens is 415 g/mol. The van der Waals surface area contributed by atoms with Gasteiger partial charge in [0.15, 0.2) is 11.6 Å². The Morgan fingerprint density at radius 3 is 2.53 bits per heavy atom. The fourth-order valence-corrected chi connectivity index (χ4v) is 4.20. The van der Waals surface area contributed by atoms with E-state index in [-0.39, 0.29) is 24.1 Å². The first-order valence-corrected chi connectivity index (χ1v) is 11.1. The number of hydrogen-bond donors (Lipinski definition) is 0. The molecule has 0 aliphatic carbocycles. The zero-order valence-electron chi connectivity index (χ0n) is 18.9. The van der Waals surface area contributed by atoms with E-state index in [1.165, 1.54) is 12.1 Å². The van der Waals surface area contributed by atoms with E-state index in [9.17, 15) is 18.0 Å². The lowest BCUT2D eigenvalue weighted by molar-refractivity contribution is -0.131. The van der Waals surface area contributed by atoms with E-state index in [1.807, 2.05) is 36.0 Å². The lowest BCUT2D eigenvalue weighted by Crippen LogP contribution is -2.45. The summed E-state index contributed by atoms with van der Waals surface area (Å²) in [6.45, 7) is 4.15. The topological polar surface area (TPSA) is 26.8 Å². The molecule has 1 saturated heterocycles. The monoisotopic (exact) mass is 447 g/mol. The smallest absolute Gasteiger partial charge is 0.227 e. The van der Waals surface area contributed by atoms with Gasteiger partial charge < -0.3 is 9.80 Å². The van der Waals surface area contributed by atoms with Crippen molar-refractivity contribution in [3.63, 3.8) is 0 Å². The molecule has 1 heterocycles. The van der Waals surface area contributed by atoms with Gasteiger partial charge in [-0.15, -0.1) is 0 Å². The maximum absolute atomic E-state index is 14.1. The van der Waals surface area contributed by atoms with Crippen molar-refractivity contribution in [1.29, 1.82) is 0 Å². The molecule has 2 aromatic carbocycles. The molecule has 1 fully saturated rings. The van der Waals surface area contributed by atoms with Crippen LogP contribution in [-0.4, -0.2) is 67.4 Å². The highest BCUT2D eigenvalue weighted by molar-refractivity contribution is 5.78. The fourth-order valence-electron chi connectivity index (χ4n) is 4.20. The van der Waals surface area contributed by atoms with E-state index in [0.717, 1.165) is 44.6 Å². The Labute approximate surface area is 188 Å².